The number of aliphatic hydroxyl groups is 1. The van der Waals surface area contributed by atoms with Crippen molar-refractivity contribution in [3.05, 3.63) is 24.3 Å². The van der Waals surface area contributed by atoms with E-state index in [9.17, 15) is 9.59 Å². The van der Waals surface area contributed by atoms with E-state index < -0.39 is 5.41 Å². The number of rotatable bonds is 2. The number of fused-ring (bicyclic) bond motifs is 5. The lowest BCUT2D eigenvalue weighted by atomic mass is 9.64. The largest absolute Gasteiger partial charge is 0.395 e. The van der Waals surface area contributed by atoms with Crippen molar-refractivity contribution in [2.45, 2.75) is 13.3 Å². The van der Waals surface area contributed by atoms with Crippen molar-refractivity contribution < 1.29 is 14.7 Å². The minimum Gasteiger partial charge on any atom is -0.395 e. The molecule has 4 nitrogen and oxygen atoms in total. The zero-order chi connectivity index (χ0) is 13.1. The van der Waals surface area contributed by atoms with Gasteiger partial charge in [0.05, 0.1) is 18.6 Å². The Labute approximate surface area is 106 Å². The molecular formula is C14H17NO3. The van der Waals surface area contributed by atoms with Gasteiger partial charge in [0.2, 0.25) is 5.91 Å². The summed E-state index contributed by atoms with van der Waals surface area (Å²) in [7, 11) is 0. The second-order valence-corrected chi connectivity index (χ2v) is 5.66. The molecule has 96 valence electrons. The van der Waals surface area contributed by atoms with Gasteiger partial charge in [0, 0.05) is 11.5 Å². The fourth-order valence-corrected chi connectivity index (χ4v) is 4.00. The molecule has 0 spiro atoms. The van der Waals surface area contributed by atoms with Crippen LogP contribution in [0.3, 0.4) is 0 Å². The van der Waals surface area contributed by atoms with E-state index in [-0.39, 0.29) is 42.7 Å². The van der Waals surface area contributed by atoms with E-state index in [1.165, 1.54) is 4.90 Å². The van der Waals surface area contributed by atoms with Gasteiger partial charge in [-0.15, -0.1) is 0 Å². The highest BCUT2D eigenvalue weighted by Crippen LogP contribution is 2.60. The molecule has 1 saturated carbocycles. The van der Waals surface area contributed by atoms with E-state index in [1.807, 2.05) is 6.92 Å². The number of β-amino-alcohol motifs (C(OH)–C–C–N with tert-alkyl or cyclic N) is 1. The number of carbonyl (C=O) groups is 2. The van der Waals surface area contributed by atoms with Crippen LogP contribution in [0.15, 0.2) is 24.3 Å². The summed E-state index contributed by atoms with van der Waals surface area (Å²) in [6.45, 7) is 5.72. The first-order valence-electron chi connectivity index (χ1n) is 6.36. The summed E-state index contributed by atoms with van der Waals surface area (Å²) >= 11 is 0. The monoisotopic (exact) mass is 247 g/mol. The average Bonchev–Trinajstić information content (AvgIpc) is 2.92. The SMILES string of the molecule is C=C1C(=O)N(CCO)C(=O)C2(C)C3C=CC(C3)C12. The fourth-order valence-electron chi connectivity index (χ4n) is 4.00. The van der Waals surface area contributed by atoms with E-state index in [2.05, 4.69) is 18.7 Å². The van der Waals surface area contributed by atoms with Gasteiger partial charge in [0.15, 0.2) is 0 Å². The van der Waals surface area contributed by atoms with Gasteiger partial charge in [-0.3, -0.25) is 14.5 Å². The molecule has 2 fully saturated rings. The highest BCUT2D eigenvalue weighted by molar-refractivity contribution is 6.10. The van der Waals surface area contributed by atoms with Crippen LogP contribution in [0, 0.1) is 23.2 Å². The highest BCUT2D eigenvalue weighted by Gasteiger charge is 2.63. The molecule has 2 amide bonds. The molecule has 2 aliphatic carbocycles. The molecular weight excluding hydrogens is 230 g/mol. The third-order valence-corrected chi connectivity index (χ3v) is 4.89. The van der Waals surface area contributed by atoms with E-state index >= 15 is 0 Å². The van der Waals surface area contributed by atoms with Crippen LogP contribution in [0.1, 0.15) is 13.3 Å². The summed E-state index contributed by atoms with van der Waals surface area (Å²) in [5.74, 6) is -0.0292. The van der Waals surface area contributed by atoms with Crippen LogP contribution in [0.25, 0.3) is 0 Å². The summed E-state index contributed by atoms with van der Waals surface area (Å²) < 4.78 is 0. The zero-order valence-electron chi connectivity index (χ0n) is 10.4. The lowest BCUT2D eigenvalue weighted by Crippen LogP contribution is -2.57. The van der Waals surface area contributed by atoms with Gasteiger partial charge >= 0.3 is 0 Å². The molecule has 1 heterocycles. The molecule has 3 rings (SSSR count). The number of imide groups is 1. The summed E-state index contributed by atoms with van der Waals surface area (Å²) in [6.07, 6.45) is 5.15. The van der Waals surface area contributed by atoms with Crippen LogP contribution >= 0.6 is 0 Å². The Bertz CT molecular complexity index is 481. The molecule has 3 aliphatic rings. The second kappa shape index (κ2) is 3.54. The van der Waals surface area contributed by atoms with Gasteiger partial charge < -0.3 is 5.11 Å². The highest BCUT2D eigenvalue weighted by atomic mass is 16.3. The molecule has 4 atom stereocenters. The Kier molecular flexibility index (Phi) is 2.29. The maximum absolute atomic E-state index is 12.6. The van der Waals surface area contributed by atoms with E-state index in [0.29, 0.717) is 5.57 Å². The number of hydrogen-bond acceptors (Lipinski definition) is 3. The number of allylic oxidation sites excluding steroid dienone is 2. The van der Waals surface area contributed by atoms with Gasteiger partial charge in [-0.1, -0.05) is 18.7 Å². The Hall–Kier alpha value is -1.42. The van der Waals surface area contributed by atoms with Crippen LogP contribution < -0.4 is 0 Å². The lowest BCUT2D eigenvalue weighted by Gasteiger charge is -2.45. The standard InChI is InChI=1S/C14H17NO3/c1-8-11-9-3-4-10(7-9)14(11,2)13(18)15(5-6-16)12(8)17/h3-4,9-11,16H,1,5-7H2,2H3. The first-order valence-corrected chi connectivity index (χ1v) is 6.36. The van der Waals surface area contributed by atoms with Gasteiger partial charge in [-0.2, -0.15) is 0 Å². The Balaban J connectivity index is 2.06. The van der Waals surface area contributed by atoms with Crippen molar-refractivity contribution in [1.29, 1.82) is 0 Å². The van der Waals surface area contributed by atoms with Gasteiger partial charge in [-0.05, 0) is 25.2 Å². The summed E-state index contributed by atoms with van der Waals surface area (Å²) in [4.78, 5) is 25.9. The van der Waals surface area contributed by atoms with Gasteiger partial charge in [-0.25, -0.2) is 0 Å². The predicted molar refractivity (Wildman–Crippen MR) is 65.3 cm³/mol. The van der Waals surface area contributed by atoms with Crippen LogP contribution in [0.2, 0.25) is 0 Å². The number of amides is 2. The molecule has 1 aliphatic heterocycles. The van der Waals surface area contributed by atoms with E-state index in [0.717, 1.165) is 6.42 Å². The number of piperidine rings is 1. The second-order valence-electron chi connectivity index (χ2n) is 5.66. The van der Waals surface area contributed by atoms with Crippen molar-refractivity contribution >= 4 is 11.8 Å². The first kappa shape index (κ1) is 11.7. The first-order chi connectivity index (χ1) is 8.51. The summed E-state index contributed by atoms with van der Waals surface area (Å²) in [5.41, 5.74) is -0.0121. The van der Waals surface area contributed by atoms with Crippen molar-refractivity contribution in [2.75, 3.05) is 13.2 Å². The van der Waals surface area contributed by atoms with Crippen LogP contribution in [0.5, 0.6) is 0 Å². The van der Waals surface area contributed by atoms with Crippen LogP contribution in [0.4, 0.5) is 0 Å². The maximum atomic E-state index is 12.6. The van der Waals surface area contributed by atoms with Crippen LogP contribution in [-0.4, -0.2) is 35.0 Å². The molecule has 0 radical (unpaired) electrons. The number of aliphatic hydroxyl groups excluding tert-OH is 1. The third kappa shape index (κ3) is 1.14. The third-order valence-electron chi connectivity index (χ3n) is 4.89. The number of nitrogens with zero attached hydrogens (tertiary/aromatic N) is 1. The molecule has 1 saturated heterocycles. The molecule has 0 aromatic carbocycles. The molecule has 4 unspecified atom stereocenters. The molecule has 1 N–H and O–H groups in total. The van der Waals surface area contributed by atoms with Crippen molar-refractivity contribution in [3.8, 4) is 0 Å². The summed E-state index contributed by atoms with van der Waals surface area (Å²) in [6, 6.07) is 0. The number of likely N-dealkylation sites (tertiary alicyclic amines) is 1. The van der Waals surface area contributed by atoms with Crippen molar-refractivity contribution in [3.63, 3.8) is 0 Å². The predicted octanol–water partition coefficient (Wildman–Crippen LogP) is 0.732. The molecule has 0 aromatic heterocycles. The van der Waals surface area contributed by atoms with Crippen LogP contribution in [-0.2, 0) is 9.59 Å². The molecule has 0 aromatic rings. The Morgan fingerprint density at radius 3 is 2.89 bits per heavy atom. The number of carbonyl (C=O) groups excluding carboxylic acids is 2. The fraction of sp³-hybridized carbons (Fsp3) is 0.571. The maximum Gasteiger partial charge on any atom is 0.256 e. The summed E-state index contributed by atoms with van der Waals surface area (Å²) in [5, 5.41) is 9.01. The molecule has 2 bridgehead atoms. The minimum atomic E-state index is -0.542. The zero-order valence-corrected chi connectivity index (χ0v) is 10.4. The average molecular weight is 247 g/mol. The Morgan fingerprint density at radius 2 is 2.22 bits per heavy atom. The Morgan fingerprint density at radius 1 is 1.50 bits per heavy atom. The van der Waals surface area contributed by atoms with E-state index in [4.69, 9.17) is 5.11 Å². The lowest BCUT2D eigenvalue weighted by molar-refractivity contribution is -0.157. The molecule has 18 heavy (non-hydrogen) atoms. The van der Waals surface area contributed by atoms with Crippen molar-refractivity contribution in [1.82, 2.24) is 4.90 Å². The normalized spacial score (nSPS) is 41.8. The molecule has 4 heteroatoms. The van der Waals surface area contributed by atoms with Gasteiger partial charge in [0.25, 0.3) is 5.91 Å². The topological polar surface area (TPSA) is 57.6 Å². The van der Waals surface area contributed by atoms with E-state index in [1.54, 1.807) is 0 Å². The van der Waals surface area contributed by atoms with Gasteiger partial charge in [0.1, 0.15) is 0 Å². The smallest absolute Gasteiger partial charge is 0.256 e. The number of hydrogen-bond donors (Lipinski definition) is 1. The minimum absolute atomic E-state index is 0.0533. The quantitative estimate of drug-likeness (QED) is 0.444. The van der Waals surface area contributed by atoms with Crippen molar-refractivity contribution in [2.24, 2.45) is 23.2 Å².